The molecule has 5 nitrogen and oxygen atoms in total. The molecule has 0 saturated carbocycles. The second kappa shape index (κ2) is 4.88. The van der Waals surface area contributed by atoms with Crippen LogP contribution >= 0.6 is 0 Å². The van der Waals surface area contributed by atoms with Crippen molar-refractivity contribution in [3.8, 4) is 0 Å². The molecule has 1 unspecified atom stereocenters. The number of amides is 2. The largest absolute Gasteiger partial charge is 0.345 e. The number of hydrogen-bond acceptors (Lipinski definition) is 3. The Morgan fingerprint density at radius 3 is 2.56 bits per heavy atom. The fourth-order valence-electron chi connectivity index (χ4n) is 2.72. The zero-order chi connectivity index (χ0) is 13.3. The van der Waals surface area contributed by atoms with Gasteiger partial charge >= 0.3 is 0 Å². The zero-order valence-electron chi connectivity index (χ0n) is 11.5. The normalized spacial score (nSPS) is 29.3. The van der Waals surface area contributed by atoms with Crippen molar-refractivity contribution in [2.24, 2.45) is 5.41 Å². The molecule has 2 heterocycles. The molecule has 0 bridgehead atoms. The molecule has 0 spiro atoms. The lowest BCUT2D eigenvalue weighted by Gasteiger charge is -2.43. The van der Waals surface area contributed by atoms with Crippen LogP contribution in [0.3, 0.4) is 0 Å². The van der Waals surface area contributed by atoms with Gasteiger partial charge in [0.2, 0.25) is 11.8 Å². The van der Waals surface area contributed by atoms with Gasteiger partial charge in [-0.15, -0.1) is 0 Å². The predicted octanol–water partition coefficient (Wildman–Crippen LogP) is 0.0652. The van der Waals surface area contributed by atoms with Gasteiger partial charge in [0, 0.05) is 6.54 Å². The molecule has 1 N–H and O–H groups in total. The van der Waals surface area contributed by atoms with Crippen molar-refractivity contribution in [2.75, 3.05) is 33.2 Å². The summed E-state index contributed by atoms with van der Waals surface area (Å²) >= 11 is 0. The quantitative estimate of drug-likeness (QED) is 0.757. The fraction of sp³-hybridized carbons (Fsp3) is 0.846. The van der Waals surface area contributed by atoms with E-state index in [1.54, 1.807) is 4.90 Å². The Morgan fingerprint density at radius 2 is 1.94 bits per heavy atom. The molecule has 2 aliphatic rings. The molecule has 2 saturated heterocycles. The molecule has 0 radical (unpaired) electrons. The Balaban J connectivity index is 2.02. The minimum Gasteiger partial charge on any atom is -0.345 e. The number of carbonyl (C=O) groups is 2. The SMILES string of the molecule is CC1C(=O)NCC(=O)N1CC1(C)CCN(C)CC1. The summed E-state index contributed by atoms with van der Waals surface area (Å²) in [5, 5.41) is 2.63. The highest BCUT2D eigenvalue weighted by molar-refractivity contribution is 5.94. The molecule has 2 amide bonds. The summed E-state index contributed by atoms with van der Waals surface area (Å²) in [5.41, 5.74) is 0.147. The van der Waals surface area contributed by atoms with Gasteiger partial charge in [0.05, 0.1) is 6.54 Å². The van der Waals surface area contributed by atoms with E-state index in [0.717, 1.165) is 25.9 Å². The lowest BCUT2D eigenvalue weighted by atomic mass is 9.79. The summed E-state index contributed by atoms with van der Waals surface area (Å²) in [4.78, 5) is 27.6. The summed E-state index contributed by atoms with van der Waals surface area (Å²) in [6.07, 6.45) is 2.17. The number of piperidine rings is 1. The van der Waals surface area contributed by atoms with E-state index < -0.39 is 0 Å². The standard InChI is InChI=1S/C13H23N3O2/c1-10-12(18)14-8-11(17)16(10)9-13(2)4-6-15(3)7-5-13/h10H,4-9H2,1-3H3,(H,14,18). The summed E-state index contributed by atoms with van der Waals surface area (Å²) in [6.45, 7) is 7.03. The van der Waals surface area contributed by atoms with Gasteiger partial charge in [-0.3, -0.25) is 9.59 Å². The first-order valence-corrected chi connectivity index (χ1v) is 6.67. The minimum atomic E-state index is -0.331. The smallest absolute Gasteiger partial charge is 0.242 e. The van der Waals surface area contributed by atoms with Gasteiger partial charge in [-0.05, 0) is 45.3 Å². The molecule has 2 fully saturated rings. The van der Waals surface area contributed by atoms with E-state index in [1.165, 1.54) is 0 Å². The average molecular weight is 253 g/mol. The van der Waals surface area contributed by atoms with Crippen LogP contribution in [-0.4, -0.2) is 60.9 Å². The maximum Gasteiger partial charge on any atom is 0.242 e. The van der Waals surface area contributed by atoms with Crippen LogP contribution in [0.4, 0.5) is 0 Å². The number of rotatable bonds is 2. The molecule has 0 aromatic carbocycles. The molecule has 0 aromatic rings. The predicted molar refractivity (Wildman–Crippen MR) is 69.0 cm³/mol. The van der Waals surface area contributed by atoms with E-state index in [0.29, 0.717) is 6.54 Å². The van der Waals surface area contributed by atoms with E-state index in [-0.39, 0.29) is 29.8 Å². The van der Waals surface area contributed by atoms with E-state index in [1.807, 2.05) is 6.92 Å². The van der Waals surface area contributed by atoms with Gasteiger partial charge in [-0.2, -0.15) is 0 Å². The van der Waals surface area contributed by atoms with E-state index in [4.69, 9.17) is 0 Å². The summed E-state index contributed by atoms with van der Waals surface area (Å²) in [7, 11) is 2.13. The van der Waals surface area contributed by atoms with Crippen LogP contribution in [0.2, 0.25) is 0 Å². The third-order valence-electron chi connectivity index (χ3n) is 4.33. The Kier molecular flexibility index (Phi) is 3.61. The topological polar surface area (TPSA) is 52.7 Å². The van der Waals surface area contributed by atoms with Gasteiger partial charge in [0.15, 0.2) is 0 Å². The van der Waals surface area contributed by atoms with Gasteiger partial charge in [0.1, 0.15) is 6.04 Å². The highest BCUT2D eigenvalue weighted by Crippen LogP contribution is 2.32. The molecule has 2 rings (SSSR count). The Morgan fingerprint density at radius 1 is 1.33 bits per heavy atom. The Bertz CT molecular complexity index is 348. The van der Waals surface area contributed by atoms with Crippen molar-refractivity contribution in [1.82, 2.24) is 15.1 Å². The van der Waals surface area contributed by atoms with Gasteiger partial charge in [-0.1, -0.05) is 6.92 Å². The lowest BCUT2D eigenvalue weighted by molar-refractivity contribution is -0.147. The number of nitrogens with zero attached hydrogens (tertiary/aromatic N) is 2. The molecule has 1 atom stereocenters. The highest BCUT2D eigenvalue weighted by atomic mass is 16.2. The molecule has 0 aliphatic carbocycles. The molecule has 5 heteroatoms. The van der Waals surface area contributed by atoms with Crippen molar-refractivity contribution in [1.29, 1.82) is 0 Å². The maximum absolute atomic E-state index is 11.9. The number of hydrogen-bond donors (Lipinski definition) is 1. The van der Waals surface area contributed by atoms with E-state index >= 15 is 0 Å². The first-order valence-electron chi connectivity index (χ1n) is 6.67. The molecule has 2 aliphatic heterocycles. The van der Waals surface area contributed by atoms with Crippen LogP contribution < -0.4 is 5.32 Å². The van der Waals surface area contributed by atoms with Gasteiger partial charge < -0.3 is 15.1 Å². The minimum absolute atomic E-state index is 0.0360. The van der Waals surface area contributed by atoms with Crippen LogP contribution in [0, 0.1) is 5.41 Å². The molecular weight excluding hydrogens is 230 g/mol. The van der Waals surface area contributed by atoms with Crippen LogP contribution in [0.1, 0.15) is 26.7 Å². The molecule has 18 heavy (non-hydrogen) atoms. The Labute approximate surface area is 108 Å². The summed E-state index contributed by atoms with van der Waals surface area (Å²) in [5.74, 6) is 0.00776. The first kappa shape index (κ1) is 13.3. The number of carbonyl (C=O) groups excluding carboxylic acids is 2. The van der Waals surface area contributed by atoms with Crippen molar-refractivity contribution in [2.45, 2.75) is 32.7 Å². The summed E-state index contributed by atoms with van der Waals surface area (Å²) in [6, 6.07) is -0.331. The molecule has 0 aromatic heterocycles. The van der Waals surface area contributed by atoms with E-state index in [9.17, 15) is 9.59 Å². The van der Waals surface area contributed by atoms with Crippen LogP contribution in [0.25, 0.3) is 0 Å². The van der Waals surface area contributed by atoms with E-state index in [2.05, 4.69) is 24.2 Å². The first-order chi connectivity index (χ1) is 8.41. The number of likely N-dealkylation sites (tertiary alicyclic amines) is 1. The fourth-order valence-corrected chi connectivity index (χ4v) is 2.72. The second-order valence-corrected chi connectivity index (χ2v) is 6.03. The third-order valence-corrected chi connectivity index (χ3v) is 4.33. The zero-order valence-corrected chi connectivity index (χ0v) is 11.5. The van der Waals surface area contributed by atoms with Gasteiger partial charge in [0.25, 0.3) is 0 Å². The molecular formula is C13H23N3O2. The number of piperazine rings is 1. The van der Waals surface area contributed by atoms with Crippen LogP contribution in [-0.2, 0) is 9.59 Å². The van der Waals surface area contributed by atoms with Crippen molar-refractivity contribution in [3.05, 3.63) is 0 Å². The average Bonchev–Trinajstić information content (AvgIpc) is 2.34. The third kappa shape index (κ3) is 2.66. The van der Waals surface area contributed by atoms with Crippen molar-refractivity contribution >= 4 is 11.8 Å². The van der Waals surface area contributed by atoms with Crippen LogP contribution in [0.5, 0.6) is 0 Å². The van der Waals surface area contributed by atoms with Crippen LogP contribution in [0.15, 0.2) is 0 Å². The summed E-state index contributed by atoms with van der Waals surface area (Å²) < 4.78 is 0. The lowest BCUT2D eigenvalue weighted by Crippen LogP contribution is -2.59. The van der Waals surface area contributed by atoms with Gasteiger partial charge in [-0.25, -0.2) is 0 Å². The monoisotopic (exact) mass is 253 g/mol. The highest BCUT2D eigenvalue weighted by Gasteiger charge is 2.37. The molecule has 102 valence electrons. The van der Waals surface area contributed by atoms with Crippen molar-refractivity contribution < 1.29 is 9.59 Å². The maximum atomic E-state index is 11.9. The second-order valence-electron chi connectivity index (χ2n) is 6.03. The van der Waals surface area contributed by atoms with Crippen molar-refractivity contribution in [3.63, 3.8) is 0 Å². The number of nitrogens with one attached hydrogen (secondary N) is 1. The Hall–Kier alpha value is -1.10.